The number of anilines is 1. The molecule has 0 saturated carbocycles. The summed E-state index contributed by atoms with van der Waals surface area (Å²) in [5.41, 5.74) is 1.03. The highest BCUT2D eigenvalue weighted by molar-refractivity contribution is 5.95. The molecule has 0 bridgehead atoms. The summed E-state index contributed by atoms with van der Waals surface area (Å²) < 4.78 is 55.6. The molecule has 0 aliphatic carbocycles. The Kier molecular flexibility index (Phi) is 8.11. The third-order valence-electron chi connectivity index (χ3n) is 5.58. The van der Waals surface area contributed by atoms with Crippen molar-refractivity contribution in [1.82, 2.24) is 5.06 Å². The van der Waals surface area contributed by atoms with Gasteiger partial charge in [0.15, 0.2) is 11.5 Å². The average Bonchev–Trinajstić information content (AvgIpc) is 2.81. The van der Waals surface area contributed by atoms with E-state index in [0.29, 0.717) is 16.2 Å². The predicted molar refractivity (Wildman–Crippen MR) is 120 cm³/mol. The van der Waals surface area contributed by atoms with Gasteiger partial charge in [0, 0.05) is 12.1 Å². The van der Waals surface area contributed by atoms with E-state index in [1.54, 1.807) is 44.2 Å². The quantitative estimate of drug-likeness (QED) is 0.501. The number of benzene rings is 2. The van der Waals surface area contributed by atoms with Gasteiger partial charge in [0.1, 0.15) is 0 Å². The molecule has 2 aromatic rings. The Hall–Kier alpha value is -3.47. The highest BCUT2D eigenvalue weighted by atomic mass is 19.4. The van der Waals surface area contributed by atoms with Crippen LogP contribution in [-0.4, -0.2) is 50.3 Å². The van der Waals surface area contributed by atoms with Gasteiger partial charge in [0.25, 0.3) is 5.91 Å². The van der Waals surface area contributed by atoms with Crippen molar-refractivity contribution in [1.29, 1.82) is 0 Å². The largest absolute Gasteiger partial charge is 0.544 e. The zero-order valence-electron chi connectivity index (χ0n) is 19.8. The molecular weight excluding hydrogens is 469 g/mol. The normalized spacial score (nSPS) is 17.4. The van der Waals surface area contributed by atoms with Gasteiger partial charge in [-0.05, 0) is 37.5 Å². The van der Waals surface area contributed by atoms with Gasteiger partial charge in [-0.1, -0.05) is 30.3 Å². The second-order valence-corrected chi connectivity index (χ2v) is 7.87. The summed E-state index contributed by atoms with van der Waals surface area (Å²) in [6.45, 7) is 3.04. The van der Waals surface area contributed by atoms with Crippen LogP contribution in [0.3, 0.4) is 0 Å². The minimum Gasteiger partial charge on any atom is -0.493 e. The molecule has 2 amide bonds. The summed E-state index contributed by atoms with van der Waals surface area (Å²) in [5, 5.41) is 0.313. The van der Waals surface area contributed by atoms with Crippen molar-refractivity contribution in [3.05, 3.63) is 53.6 Å². The number of amides is 2. The molecule has 0 saturated heterocycles. The molecule has 0 N–H and O–H groups in total. The lowest BCUT2D eigenvalue weighted by Gasteiger charge is -2.39. The maximum absolute atomic E-state index is 13.5. The van der Waals surface area contributed by atoms with Gasteiger partial charge in [-0.25, -0.2) is 9.86 Å². The fourth-order valence-electron chi connectivity index (χ4n) is 4.09. The van der Waals surface area contributed by atoms with Crippen molar-refractivity contribution in [3.8, 4) is 11.5 Å². The zero-order valence-corrected chi connectivity index (χ0v) is 19.8. The molecule has 8 nitrogen and oxygen atoms in total. The minimum atomic E-state index is -5.08. The molecular formula is C24H27F3N2O6. The summed E-state index contributed by atoms with van der Waals surface area (Å²) in [6, 6.07) is 10.6. The van der Waals surface area contributed by atoms with Gasteiger partial charge in [0.05, 0.1) is 39.0 Å². The molecule has 2 atom stereocenters. The Balaban J connectivity index is 2.08. The number of fused-ring (bicyclic) bond motifs is 1. The van der Waals surface area contributed by atoms with Crippen molar-refractivity contribution < 1.29 is 41.8 Å². The lowest BCUT2D eigenvalue weighted by molar-refractivity contribution is -0.405. The van der Waals surface area contributed by atoms with E-state index in [1.165, 1.54) is 31.3 Å². The molecule has 0 fully saturated rings. The third-order valence-corrected chi connectivity index (χ3v) is 5.58. The van der Waals surface area contributed by atoms with E-state index in [2.05, 4.69) is 4.84 Å². The average molecular weight is 496 g/mol. The molecule has 1 aliphatic heterocycles. The first kappa shape index (κ1) is 26.1. The lowest BCUT2D eigenvalue weighted by Crippen LogP contribution is -2.47. The van der Waals surface area contributed by atoms with Crippen LogP contribution >= 0.6 is 0 Å². The molecule has 11 heteroatoms. The van der Waals surface area contributed by atoms with Crippen molar-refractivity contribution in [2.24, 2.45) is 0 Å². The molecule has 190 valence electrons. The number of halogens is 3. The van der Waals surface area contributed by atoms with Crippen LogP contribution in [-0.2, 0) is 20.9 Å². The van der Waals surface area contributed by atoms with Crippen molar-refractivity contribution in [3.63, 3.8) is 0 Å². The number of nitrogens with zero attached hydrogens (tertiary/aromatic N) is 2. The number of alkyl halides is 3. The highest BCUT2D eigenvalue weighted by Gasteiger charge is 2.43. The zero-order chi connectivity index (χ0) is 25.8. The number of carbonyl (C=O) groups is 2. The Labute approximate surface area is 201 Å². The Morgan fingerprint density at radius 1 is 1.09 bits per heavy atom. The Bertz CT molecular complexity index is 1050. The Morgan fingerprint density at radius 2 is 1.71 bits per heavy atom. The van der Waals surface area contributed by atoms with Crippen molar-refractivity contribution in [2.75, 3.05) is 25.7 Å². The summed E-state index contributed by atoms with van der Waals surface area (Å²) in [7, 11) is 2.80. The van der Waals surface area contributed by atoms with Crippen LogP contribution in [0.5, 0.6) is 11.5 Å². The molecule has 1 heterocycles. The monoisotopic (exact) mass is 496 g/mol. The second-order valence-electron chi connectivity index (χ2n) is 7.87. The molecule has 0 spiro atoms. The summed E-state index contributed by atoms with van der Waals surface area (Å²) in [4.78, 5) is 31.8. The second kappa shape index (κ2) is 10.9. The van der Waals surface area contributed by atoms with Crippen LogP contribution in [0.1, 0.15) is 37.3 Å². The van der Waals surface area contributed by atoms with Crippen LogP contribution in [0.2, 0.25) is 0 Å². The first-order valence-corrected chi connectivity index (χ1v) is 10.9. The molecule has 0 radical (unpaired) electrons. The summed E-state index contributed by atoms with van der Waals surface area (Å²) in [5.74, 6) is -1.42. The van der Waals surface area contributed by atoms with E-state index >= 15 is 0 Å². The fraction of sp³-hybridized carbons (Fsp3) is 0.417. The molecule has 2 unspecified atom stereocenters. The van der Waals surface area contributed by atoms with E-state index in [-0.39, 0.29) is 30.2 Å². The topological polar surface area (TPSA) is 77.5 Å². The summed E-state index contributed by atoms with van der Waals surface area (Å²) in [6.07, 6.45) is -5.69. The van der Waals surface area contributed by atoms with Crippen LogP contribution in [0, 0.1) is 0 Å². The third kappa shape index (κ3) is 5.97. The number of hydrogen-bond donors (Lipinski definition) is 0. The molecule has 2 aromatic carbocycles. The van der Waals surface area contributed by atoms with E-state index in [9.17, 15) is 22.8 Å². The predicted octanol–water partition coefficient (Wildman–Crippen LogP) is 5.02. The number of carbonyl (C=O) groups excluding carboxylic acids is 2. The number of hydroxylamine groups is 2. The van der Waals surface area contributed by atoms with Gasteiger partial charge in [0.2, 0.25) is 0 Å². The fourth-order valence-corrected chi connectivity index (χ4v) is 4.09. The van der Waals surface area contributed by atoms with Crippen molar-refractivity contribution in [2.45, 2.75) is 45.1 Å². The van der Waals surface area contributed by atoms with E-state index in [0.717, 1.165) is 0 Å². The SMILES string of the molecule is CCOC(=O)N1c2cc(OC)c(OC)cc2C(C(=O)N(Cc2ccccc2)OC(F)(F)F)CC1C. The van der Waals surface area contributed by atoms with Gasteiger partial charge in [-0.3, -0.25) is 9.69 Å². The first-order valence-electron chi connectivity index (χ1n) is 10.9. The van der Waals surface area contributed by atoms with Gasteiger partial charge < -0.3 is 14.2 Å². The van der Waals surface area contributed by atoms with Crippen LogP contribution in [0.25, 0.3) is 0 Å². The number of rotatable bonds is 7. The maximum atomic E-state index is 13.5. The van der Waals surface area contributed by atoms with E-state index < -0.39 is 36.9 Å². The van der Waals surface area contributed by atoms with Gasteiger partial charge >= 0.3 is 12.5 Å². The highest BCUT2D eigenvalue weighted by Crippen LogP contribution is 2.45. The van der Waals surface area contributed by atoms with Crippen LogP contribution < -0.4 is 14.4 Å². The molecule has 0 aromatic heterocycles. The van der Waals surface area contributed by atoms with Crippen molar-refractivity contribution >= 4 is 17.7 Å². The smallest absolute Gasteiger partial charge is 0.493 e. The molecule has 1 aliphatic rings. The van der Waals surface area contributed by atoms with E-state index in [1.807, 2.05) is 0 Å². The number of ether oxygens (including phenoxy) is 3. The maximum Gasteiger partial charge on any atom is 0.544 e. The summed E-state index contributed by atoms with van der Waals surface area (Å²) >= 11 is 0. The Morgan fingerprint density at radius 3 is 2.29 bits per heavy atom. The van der Waals surface area contributed by atoms with Crippen LogP contribution in [0.4, 0.5) is 23.7 Å². The first-order chi connectivity index (χ1) is 16.6. The minimum absolute atomic E-state index is 0.0344. The lowest BCUT2D eigenvalue weighted by atomic mass is 9.85. The number of methoxy groups -OCH3 is 2. The standard InChI is InChI=1S/C24H27F3N2O6/c1-5-34-23(31)29-15(2)11-18(17-12-20(32-3)21(33-4)13-19(17)29)22(30)28(35-24(25,26)27)14-16-9-7-6-8-10-16/h6-10,12-13,15,18H,5,11,14H2,1-4H3. The van der Waals surface area contributed by atoms with E-state index in [4.69, 9.17) is 14.2 Å². The van der Waals surface area contributed by atoms with Gasteiger partial charge in [-0.2, -0.15) is 4.84 Å². The molecule has 35 heavy (non-hydrogen) atoms. The van der Waals surface area contributed by atoms with Gasteiger partial charge in [-0.15, -0.1) is 13.2 Å². The number of hydrogen-bond acceptors (Lipinski definition) is 6. The molecule has 3 rings (SSSR count). The van der Waals surface area contributed by atoms with Crippen LogP contribution in [0.15, 0.2) is 42.5 Å².